The van der Waals surface area contributed by atoms with Gasteiger partial charge in [-0.1, -0.05) is 19.9 Å². The molecule has 1 aliphatic heterocycles. The van der Waals surface area contributed by atoms with E-state index in [0.717, 1.165) is 17.5 Å². The quantitative estimate of drug-likeness (QED) is 0.929. The molecule has 1 heterocycles. The third-order valence-corrected chi connectivity index (χ3v) is 5.83. The van der Waals surface area contributed by atoms with Crippen LogP contribution < -0.4 is 5.73 Å². The number of piperidine rings is 1. The number of nitrogens with zero attached hydrogens (tertiary/aromatic N) is 1. The van der Waals surface area contributed by atoms with Gasteiger partial charge in [-0.15, -0.1) is 0 Å². The largest absolute Gasteiger partial charge is 0.326 e. The van der Waals surface area contributed by atoms with E-state index in [9.17, 15) is 8.42 Å². The van der Waals surface area contributed by atoms with Gasteiger partial charge in [0.2, 0.25) is 10.0 Å². The highest BCUT2D eigenvalue weighted by molar-refractivity contribution is 7.89. The maximum Gasteiger partial charge on any atom is 0.243 e. The standard InChI is InChI=1S/C15H24N2O2S/c1-11-6-12(2)10-17(9-11)20(18,19)15-5-4-14(8-16)13(3)7-15/h4-5,7,11-12H,6,8-10,16H2,1-3H3. The lowest BCUT2D eigenvalue weighted by Gasteiger charge is -2.34. The van der Waals surface area contributed by atoms with Crippen LogP contribution >= 0.6 is 0 Å². The van der Waals surface area contributed by atoms with Crippen molar-refractivity contribution in [2.75, 3.05) is 13.1 Å². The zero-order valence-electron chi connectivity index (χ0n) is 12.5. The summed E-state index contributed by atoms with van der Waals surface area (Å²) in [6.45, 7) is 7.79. The van der Waals surface area contributed by atoms with Crippen molar-refractivity contribution in [3.05, 3.63) is 29.3 Å². The Kier molecular flexibility index (Phi) is 4.52. The van der Waals surface area contributed by atoms with Crippen LogP contribution in [0, 0.1) is 18.8 Å². The van der Waals surface area contributed by atoms with Crippen LogP contribution in [0.3, 0.4) is 0 Å². The van der Waals surface area contributed by atoms with Gasteiger partial charge < -0.3 is 5.73 Å². The predicted octanol–water partition coefficient (Wildman–Crippen LogP) is 2.12. The first-order valence-electron chi connectivity index (χ1n) is 7.14. The minimum absolute atomic E-state index is 0.383. The number of hydrogen-bond donors (Lipinski definition) is 1. The van der Waals surface area contributed by atoms with Crippen molar-refractivity contribution in [2.24, 2.45) is 17.6 Å². The number of aryl methyl sites for hydroxylation is 1. The topological polar surface area (TPSA) is 63.4 Å². The van der Waals surface area contributed by atoms with E-state index in [1.54, 1.807) is 16.4 Å². The Bertz CT molecular complexity index is 574. The fraction of sp³-hybridized carbons (Fsp3) is 0.600. The lowest BCUT2D eigenvalue weighted by molar-refractivity contribution is 0.222. The molecule has 0 spiro atoms. The smallest absolute Gasteiger partial charge is 0.243 e. The Morgan fingerprint density at radius 1 is 1.25 bits per heavy atom. The molecule has 0 bridgehead atoms. The summed E-state index contributed by atoms with van der Waals surface area (Å²) < 4.78 is 27.1. The lowest BCUT2D eigenvalue weighted by Crippen LogP contribution is -2.42. The van der Waals surface area contributed by atoms with E-state index in [0.29, 0.717) is 36.4 Å². The summed E-state index contributed by atoms with van der Waals surface area (Å²) in [5.74, 6) is 0.830. The molecule has 112 valence electrons. The molecule has 4 nitrogen and oxygen atoms in total. The fourth-order valence-corrected chi connectivity index (χ4v) is 4.77. The summed E-state index contributed by atoms with van der Waals surface area (Å²) in [6, 6.07) is 5.23. The predicted molar refractivity (Wildman–Crippen MR) is 80.8 cm³/mol. The maximum absolute atomic E-state index is 12.7. The van der Waals surface area contributed by atoms with Crippen LogP contribution in [0.4, 0.5) is 0 Å². The molecule has 2 atom stereocenters. The molecule has 1 saturated heterocycles. The zero-order chi connectivity index (χ0) is 14.9. The summed E-state index contributed by atoms with van der Waals surface area (Å²) in [4.78, 5) is 0.383. The van der Waals surface area contributed by atoms with Gasteiger partial charge in [-0.2, -0.15) is 4.31 Å². The van der Waals surface area contributed by atoms with Gasteiger partial charge in [0.05, 0.1) is 4.90 Å². The Hall–Kier alpha value is -0.910. The van der Waals surface area contributed by atoms with Gasteiger partial charge in [-0.25, -0.2) is 8.42 Å². The maximum atomic E-state index is 12.7. The van der Waals surface area contributed by atoms with Gasteiger partial charge in [0.15, 0.2) is 0 Å². The first kappa shape index (κ1) is 15.5. The summed E-state index contributed by atoms with van der Waals surface area (Å²) >= 11 is 0. The summed E-state index contributed by atoms with van der Waals surface area (Å²) in [5.41, 5.74) is 7.56. The minimum Gasteiger partial charge on any atom is -0.326 e. The molecule has 20 heavy (non-hydrogen) atoms. The van der Waals surface area contributed by atoms with Gasteiger partial charge in [-0.3, -0.25) is 0 Å². The second kappa shape index (κ2) is 5.84. The molecule has 2 unspecified atom stereocenters. The van der Waals surface area contributed by atoms with Crippen molar-refractivity contribution in [1.82, 2.24) is 4.31 Å². The number of nitrogens with two attached hydrogens (primary N) is 1. The van der Waals surface area contributed by atoms with Crippen LogP contribution in [0.1, 0.15) is 31.4 Å². The number of hydrogen-bond acceptors (Lipinski definition) is 3. The van der Waals surface area contributed by atoms with E-state index in [-0.39, 0.29) is 0 Å². The van der Waals surface area contributed by atoms with Crippen molar-refractivity contribution in [2.45, 2.75) is 38.6 Å². The third kappa shape index (κ3) is 3.05. The van der Waals surface area contributed by atoms with Crippen molar-refractivity contribution in [3.63, 3.8) is 0 Å². The van der Waals surface area contributed by atoms with Crippen LogP contribution in [0.25, 0.3) is 0 Å². The van der Waals surface area contributed by atoms with E-state index < -0.39 is 10.0 Å². The molecular formula is C15H24N2O2S. The SMILES string of the molecule is Cc1cc(S(=O)(=O)N2CC(C)CC(C)C2)ccc1CN. The molecular weight excluding hydrogens is 272 g/mol. The van der Waals surface area contributed by atoms with Gasteiger partial charge in [0.1, 0.15) is 0 Å². The molecule has 0 aromatic heterocycles. The van der Waals surface area contributed by atoms with E-state index >= 15 is 0 Å². The Morgan fingerprint density at radius 2 is 1.85 bits per heavy atom. The van der Waals surface area contributed by atoms with Crippen molar-refractivity contribution in [1.29, 1.82) is 0 Å². The van der Waals surface area contributed by atoms with Crippen molar-refractivity contribution < 1.29 is 8.42 Å². The molecule has 1 fully saturated rings. The highest BCUT2D eigenvalue weighted by Gasteiger charge is 2.31. The molecule has 0 radical (unpaired) electrons. The Morgan fingerprint density at radius 3 is 2.35 bits per heavy atom. The minimum atomic E-state index is -3.38. The van der Waals surface area contributed by atoms with Crippen LogP contribution in [0.15, 0.2) is 23.1 Å². The molecule has 1 aliphatic rings. The fourth-order valence-electron chi connectivity index (χ4n) is 3.01. The second-order valence-electron chi connectivity index (χ2n) is 6.06. The summed E-state index contributed by atoms with van der Waals surface area (Å²) in [7, 11) is -3.38. The normalized spacial score (nSPS) is 24.8. The summed E-state index contributed by atoms with van der Waals surface area (Å²) in [5, 5.41) is 0. The monoisotopic (exact) mass is 296 g/mol. The van der Waals surface area contributed by atoms with Gasteiger partial charge in [0.25, 0.3) is 0 Å². The summed E-state index contributed by atoms with van der Waals surface area (Å²) in [6.07, 6.45) is 1.09. The van der Waals surface area contributed by atoms with Crippen molar-refractivity contribution in [3.8, 4) is 0 Å². The molecule has 1 aromatic rings. The van der Waals surface area contributed by atoms with Gasteiger partial charge >= 0.3 is 0 Å². The van der Waals surface area contributed by atoms with Crippen molar-refractivity contribution >= 4 is 10.0 Å². The molecule has 0 amide bonds. The Balaban J connectivity index is 2.32. The highest BCUT2D eigenvalue weighted by Crippen LogP contribution is 2.27. The average molecular weight is 296 g/mol. The number of benzene rings is 1. The lowest BCUT2D eigenvalue weighted by atomic mass is 9.94. The number of sulfonamides is 1. The Labute approximate surface area is 122 Å². The zero-order valence-corrected chi connectivity index (χ0v) is 13.3. The van der Waals surface area contributed by atoms with Crippen LogP contribution in [0.5, 0.6) is 0 Å². The van der Waals surface area contributed by atoms with Crippen LogP contribution in [-0.2, 0) is 16.6 Å². The van der Waals surface area contributed by atoms with E-state index in [4.69, 9.17) is 5.73 Å². The molecule has 2 N–H and O–H groups in total. The first-order valence-corrected chi connectivity index (χ1v) is 8.58. The second-order valence-corrected chi connectivity index (χ2v) is 8.00. The molecule has 2 rings (SSSR count). The third-order valence-electron chi connectivity index (χ3n) is 4.01. The van der Waals surface area contributed by atoms with E-state index in [1.807, 2.05) is 13.0 Å². The molecule has 1 aromatic carbocycles. The highest BCUT2D eigenvalue weighted by atomic mass is 32.2. The van der Waals surface area contributed by atoms with E-state index in [2.05, 4.69) is 13.8 Å². The molecule has 0 aliphatic carbocycles. The average Bonchev–Trinajstić information content (AvgIpc) is 2.37. The van der Waals surface area contributed by atoms with Gasteiger partial charge in [0, 0.05) is 19.6 Å². The van der Waals surface area contributed by atoms with Crippen LogP contribution in [0.2, 0.25) is 0 Å². The molecule has 0 saturated carbocycles. The molecule has 5 heteroatoms. The van der Waals surface area contributed by atoms with Gasteiger partial charge in [-0.05, 0) is 48.4 Å². The van der Waals surface area contributed by atoms with E-state index in [1.165, 1.54) is 0 Å². The number of rotatable bonds is 3. The first-order chi connectivity index (χ1) is 9.34. The van der Waals surface area contributed by atoms with Crippen LogP contribution in [-0.4, -0.2) is 25.8 Å².